The molecule has 88 valence electrons. The van der Waals surface area contributed by atoms with Gasteiger partial charge in [0.05, 0.1) is 0 Å². The molecule has 0 heterocycles. The van der Waals surface area contributed by atoms with E-state index in [0.29, 0.717) is 10.2 Å². The first kappa shape index (κ1) is 12.2. The van der Waals surface area contributed by atoms with Gasteiger partial charge in [0, 0.05) is 4.83 Å². The first-order chi connectivity index (χ1) is 7.54. The highest BCUT2D eigenvalue weighted by atomic mass is 79.9. The minimum absolute atomic E-state index is 0.305. The molecule has 1 aromatic rings. The van der Waals surface area contributed by atoms with Crippen molar-refractivity contribution in [1.82, 2.24) is 0 Å². The molecular formula is C15H21Br. The van der Waals surface area contributed by atoms with E-state index in [0.717, 1.165) is 5.92 Å². The van der Waals surface area contributed by atoms with Crippen LogP contribution in [0, 0.1) is 5.92 Å². The summed E-state index contributed by atoms with van der Waals surface area (Å²) in [4.78, 5) is 0.575. The Hall–Kier alpha value is -0.300. The van der Waals surface area contributed by atoms with E-state index in [2.05, 4.69) is 61.0 Å². The Morgan fingerprint density at radius 3 is 2.25 bits per heavy atom. The molecule has 0 aliphatic heterocycles. The molecule has 0 spiro atoms. The second-order valence-electron chi connectivity index (χ2n) is 5.60. The number of hydrogen-bond donors (Lipinski definition) is 0. The summed E-state index contributed by atoms with van der Waals surface area (Å²) in [7, 11) is 0. The lowest BCUT2D eigenvalue weighted by molar-refractivity contribution is 0.506. The molecule has 2 rings (SSSR count). The van der Waals surface area contributed by atoms with E-state index in [1.54, 1.807) is 0 Å². The van der Waals surface area contributed by atoms with Gasteiger partial charge in [-0.15, -0.1) is 0 Å². The molecule has 0 aromatic heterocycles. The van der Waals surface area contributed by atoms with Gasteiger partial charge in [0.1, 0.15) is 0 Å². The Morgan fingerprint density at radius 2 is 1.81 bits per heavy atom. The largest absolute Gasteiger partial charge is 0.0836 e. The van der Waals surface area contributed by atoms with E-state index in [4.69, 9.17) is 0 Å². The summed E-state index contributed by atoms with van der Waals surface area (Å²) < 4.78 is 0. The molecule has 1 unspecified atom stereocenters. The van der Waals surface area contributed by atoms with E-state index in [-0.39, 0.29) is 0 Å². The van der Waals surface area contributed by atoms with Crippen molar-refractivity contribution in [3.05, 3.63) is 35.4 Å². The van der Waals surface area contributed by atoms with Gasteiger partial charge in [0.15, 0.2) is 0 Å². The number of benzene rings is 1. The van der Waals surface area contributed by atoms with Crippen LogP contribution >= 0.6 is 15.9 Å². The lowest BCUT2D eigenvalue weighted by Crippen LogP contribution is -2.15. The zero-order valence-corrected chi connectivity index (χ0v) is 12.0. The SMILES string of the molecule is CCC(C)(C)c1ccc(C(Br)C2CC2)cc1. The van der Waals surface area contributed by atoms with Gasteiger partial charge in [-0.05, 0) is 41.7 Å². The zero-order valence-electron chi connectivity index (χ0n) is 10.5. The topological polar surface area (TPSA) is 0 Å². The number of hydrogen-bond acceptors (Lipinski definition) is 0. The standard InChI is InChI=1S/C15H21Br/c1-4-15(2,3)13-9-7-12(8-10-13)14(16)11-5-6-11/h7-11,14H,4-6H2,1-3H3. The Kier molecular flexibility index (Phi) is 3.44. The summed E-state index contributed by atoms with van der Waals surface area (Å²) in [6.45, 7) is 6.88. The Bertz CT molecular complexity index is 346. The third-order valence-electron chi connectivity index (χ3n) is 3.93. The van der Waals surface area contributed by atoms with E-state index in [1.807, 2.05) is 0 Å². The quantitative estimate of drug-likeness (QED) is 0.664. The summed E-state index contributed by atoms with van der Waals surface area (Å²) in [5, 5.41) is 0. The van der Waals surface area contributed by atoms with Crippen LogP contribution in [0.15, 0.2) is 24.3 Å². The van der Waals surface area contributed by atoms with Crippen molar-refractivity contribution in [1.29, 1.82) is 0 Å². The molecule has 1 saturated carbocycles. The van der Waals surface area contributed by atoms with Gasteiger partial charge in [0.25, 0.3) is 0 Å². The van der Waals surface area contributed by atoms with Crippen molar-refractivity contribution < 1.29 is 0 Å². The second-order valence-corrected chi connectivity index (χ2v) is 6.59. The average molecular weight is 281 g/mol. The smallest absolute Gasteiger partial charge is 0.0423 e. The van der Waals surface area contributed by atoms with Crippen LogP contribution in [0.1, 0.15) is 56.0 Å². The zero-order chi connectivity index (χ0) is 11.8. The molecular weight excluding hydrogens is 260 g/mol. The highest BCUT2D eigenvalue weighted by Gasteiger charge is 2.30. The van der Waals surface area contributed by atoms with Crippen LogP contribution in [0.4, 0.5) is 0 Å². The molecule has 1 aromatic carbocycles. The monoisotopic (exact) mass is 280 g/mol. The summed E-state index contributed by atoms with van der Waals surface area (Å²) >= 11 is 3.80. The molecule has 0 amide bonds. The van der Waals surface area contributed by atoms with Crippen LogP contribution in [0.5, 0.6) is 0 Å². The van der Waals surface area contributed by atoms with Crippen LogP contribution in [0.25, 0.3) is 0 Å². The normalized spacial score (nSPS) is 18.5. The number of alkyl halides is 1. The molecule has 0 bridgehead atoms. The summed E-state index contributed by atoms with van der Waals surface area (Å²) in [6, 6.07) is 9.19. The second kappa shape index (κ2) is 4.52. The highest BCUT2D eigenvalue weighted by Crippen LogP contribution is 2.46. The lowest BCUT2D eigenvalue weighted by atomic mass is 9.82. The fourth-order valence-corrected chi connectivity index (χ4v) is 2.82. The highest BCUT2D eigenvalue weighted by molar-refractivity contribution is 9.09. The summed E-state index contributed by atoms with van der Waals surface area (Å²) in [6.07, 6.45) is 3.96. The van der Waals surface area contributed by atoms with E-state index >= 15 is 0 Å². The molecule has 1 heteroatoms. The van der Waals surface area contributed by atoms with Gasteiger partial charge in [0.2, 0.25) is 0 Å². The van der Waals surface area contributed by atoms with Crippen LogP contribution in [-0.2, 0) is 5.41 Å². The maximum atomic E-state index is 3.80. The van der Waals surface area contributed by atoms with Crippen LogP contribution in [0.2, 0.25) is 0 Å². The van der Waals surface area contributed by atoms with Crippen molar-refractivity contribution in [3.8, 4) is 0 Å². The average Bonchev–Trinajstić information content (AvgIpc) is 3.12. The molecule has 1 fully saturated rings. The van der Waals surface area contributed by atoms with Gasteiger partial charge in [-0.25, -0.2) is 0 Å². The van der Waals surface area contributed by atoms with Crippen molar-refractivity contribution in [2.75, 3.05) is 0 Å². The first-order valence-electron chi connectivity index (χ1n) is 6.29. The Morgan fingerprint density at radius 1 is 1.25 bits per heavy atom. The molecule has 1 aliphatic carbocycles. The minimum atomic E-state index is 0.305. The first-order valence-corrected chi connectivity index (χ1v) is 7.20. The van der Waals surface area contributed by atoms with Gasteiger partial charge in [-0.1, -0.05) is 61.0 Å². The van der Waals surface area contributed by atoms with Gasteiger partial charge >= 0.3 is 0 Å². The van der Waals surface area contributed by atoms with Crippen molar-refractivity contribution in [3.63, 3.8) is 0 Å². The van der Waals surface area contributed by atoms with Gasteiger partial charge in [-0.2, -0.15) is 0 Å². The summed E-state index contributed by atoms with van der Waals surface area (Å²) in [5.74, 6) is 0.880. The van der Waals surface area contributed by atoms with Crippen LogP contribution < -0.4 is 0 Å². The van der Waals surface area contributed by atoms with Crippen molar-refractivity contribution in [2.45, 2.75) is 50.3 Å². The van der Waals surface area contributed by atoms with Gasteiger partial charge in [-0.3, -0.25) is 0 Å². The lowest BCUT2D eigenvalue weighted by Gasteiger charge is -2.23. The fraction of sp³-hybridized carbons (Fsp3) is 0.600. The van der Waals surface area contributed by atoms with Crippen molar-refractivity contribution >= 4 is 15.9 Å². The molecule has 0 radical (unpaired) electrons. The number of rotatable bonds is 4. The maximum absolute atomic E-state index is 3.80. The predicted octanol–water partition coefficient (Wildman–Crippen LogP) is 5.22. The van der Waals surface area contributed by atoms with E-state index < -0.39 is 0 Å². The third kappa shape index (κ3) is 2.51. The van der Waals surface area contributed by atoms with Crippen LogP contribution in [-0.4, -0.2) is 0 Å². The fourth-order valence-electron chi connectivity index (χ4n) is 1.98. The Balaban J connectivity index is 2.15. The van der Waals surface area contributed by atoms with E-state index in [1.165, 1.54) is 30.4 Å². The van der Waals surface area contributed by atoms with Crippen molar-refractivity contribution in [2.24, 2.45) is 5.92 Å². The molecule has 0 saturated heterocycles. The maximum Gasteiger partial charge on any atom is 0.0423 e. The molecule has 16 heavy (non-hydrogen) atoms. The minimum Gasteiger partial charge on any atom is -0.0836 e. The molecule has 1 atom stereocenters. The molecule has 0 N–H and O–H groups in total. The van der Waals surface area contributed by atoms with Gasteiger partial charge < -0.3 is 0 Å². The third-order valence-corrected chi connectivity index (χ3v) is 5.21. The summed E-state index contributed by atoms with van der Waals surface area (Å²) in [5.41, 5.74) is 3.20. The van der Waals surface area contributed by atoms with E-state index in [9.17, 15) is 0 Å². The number of halogens is 1. The van der Waals surface area contributed by atoms with Crippen LogP contribution in [0.3, 0.4) is 0 Å². The Labute approximate surface area is 108 Å². The predicted molar refractivity (Wildman–Crippen MR) is 74.2 cm³/mol. The molecule has 1 aliphatic rings. The molecule has 0 nitrogen and oxygen atoms in total.